The number of hydrogen-bond donors (Lipinski definition) is 1. The van der Waals surface area contributed by atoms with Crippen LogP contribution in [0.2, 0.25) is 0 Å². The standard InChI is InChI=1S/C16H29N3/c1-4-19-12-8-9-15(19)13-17-14-16(18(2)3)10-6-5-7-11-16/h8-9,12,17H,4-7,10-11,13-14H2,1-3H3. The number of nitrogens with zero attached hydrogens (tertiary/aromatic N) is 2. The molecule has 0 amide bonds. The maximum absolute atomic E-state index is 3.69. The van der Waals surface area contributed by atoms with Crippen molar-refractivity contribution in [3.63, 3.8) is 0 Å². The highest BCUT2D eigenvalue weighted by molar-refractivity contribution is 5.07. The van der Waals surface area contributed by atoms with Gasteiger partial charge in [-0.3, -0.25) is 0 Å². The molecule has 1 aromatic rings. The lowest BCUT2D eigenvalue weighted by atomic mass is 9.80. The third kappa shape index (κ3) is 3.40. The molecule has 19 heavy (non-hydrogen) atoms. The van der Waals surface area contributed by atoms with Gasteiger partial charge in [-0.05, 0) is 46.0 Å². The fourth-order valence-corrected chi connectivity index (χ4v) is 3.33. The van der Waals surface area contributed by atoms with E-state index in [4.69, 9.17) is 0 Å². The van der Waals surface area contributed by atoms with Gasteiger partial charge in [-0.15, -0.1) is 0 Å². The van der Waals surface area contributed by atoms with E-state index >= 15 is 0 Å². The first kappa shape index (κ1) is 14.6. The van der Waals surface area contributed by atoms with Crippen LogP contribution in [0.3, 0.4) is 0 Å². The van der Waals surface area contributed by atoms with Crippen LogP contribution in [0.15, 0.2) is 18.3 Å². The molecule has 3 nitrogen and oxygen atoms in total. The zero-order valence-electron chi connectivity index (χ0n) is 12.8. The molecule has 0 unspecified atom stereocenters. The molecule has 1 fully saturated rings. The van der Waals surface area contributed by atoms with Crippen LogP contribution >= 0.6 is 0 Å². The summed E-state index contributed by atoms with van der Waals surface area (Å²) in [6, 6.07) is 4.36. The molecular formula is C16H29N3. The van der Waals surface area contributed by atoms with Gasteiger partial charge < -0.3 is 14.8 Å². The Labute approximate surface area is 118 Å². The van der Waals surface area contributed by atoms with Crippen molar-refractivity contribution >= 4 is 0 Å². The third-order valence-corrected chi connectivity index (χ3v) is 4.76. The molecule has 108 valence electrons. The number of likely N-dealkylation sites (N-methyl/N-ethyl adjacent to an activating group) is 1. The Morgan fingerprint density at radius 3 is 2.63 bits per heavy atom. The first-order chi connectivity index (χ1) is 9.18. The molecule has 1 aliphatic rings. The molecule has 1 aromatic heterocycles. The number of nitrogens with one attached hydrogen (secondary N) is 1. The summed E-state index contributed by atoms with van der Waals surface area (Å²) >= 11 is 0. The predicted molar refractivity (Wildman–Crippen MR) is 81.3 cm³/mol. The molecular weight excluding hydrogens is 234 g/mol. The molecule has 0 atom stereocenters. The second-order valence-electron chi connectivity index (χ2n) is 6.07. The number of aromatic nitrogens is 1. The predicted octanol–water partition coefficient (Wildman–Crippen LogP) is 2.86. The Hall–Kier alpha value is -0.800. The second-order valence-corrected chi connectivity index (χ2v) is 6.07. The van der Waals surface area contributed by atoms with Gasteiger partial charge in [0.15, 0.2) is 0 Å². The van der Waals surface area contributed by atoms with Crippen LogP contribution in [0.5, 0.6) is 0 Å². The fraction of sp³-hybridized carbons (Fsp3) is 0.750. The zero-order valence-corrected chi connectivity index (χ0v) is 12.8. The molecule has 0 spiro atoms. The molecule has 0 aromatic carbocycles. The molecule has 1 N–H and O–H groups in total. The Kier molecular flexibility index (Phi) is 5.06. The van der Waals surface area contributed by atoms with Gasteiger partial charge in [0.25, 0.3) is 0 Å². The van der Waals surface area contributed by atoms with E-state index in [2.05, 4.69) is 54.1 Å². The SMILES string of the molecule is CCn1cccc1CNCC1(N(C)C)CCCCC1. The lowest BCUT2D eigenvalue weighted by molar-refractivity contribution is 0.0982. The largest absolute Gasteiger partial charge is 0.351 e. The summed E-state index contributed by atoms with van der Waals surface area (Å²) in [5.74, 6) is 0. The molecule has 1 heterocycles. The average molecular weight is 263 g/mol. The zero-order chi connectivity index (χ0) is 13.7. The normalized spacial score (nSPS) is 18.9. The molecule has 2 rings (SSSR count). The van der Waals surface area contributed by atoms with Crippen molar-refractivity contribution in [2.24, 2.45) is 0 Å². The summed E-state index contributed by atoms with van der Waals surface area (Å²) in [5, 5.41) is 3.69. The first-order valence-electron chi connectivity index (χ1n) is 7.70. The van der Waals surface area contributed by atoms with Crippen LogP contribution < -0.4 is 5.32 Å². The maximum Gasteiger partial charge on any atom is 0.0360 e. The van der Waals surface area contributed by atoms with Gasteiger partial charge >= 0.3 is 0 Å². The Morgan fingerprint density at radius 1 is 1.26 bits per heavy atom. The summed E-state index contributed by atoms with van der Waals surface area (Å²) in [7, 11) is 4.48. The monoisotopic (exact) mass is 263 g/mol. The average Bonchev–Trinajstić information content (AvgIpc) is 2.87. The molecule has 0 saturated heterocycles. The van der Waals surface area contributed by atoms with E-state index in [-0.39, 0.29) is 0 Å². The highest BCUT2D eigenvalue weighted by atomic mass is 15.2. The van der Waals surface area contributed by atoms with E-state index in [0.29, 0.717) is 5.54 Å². The molecule has 1 saturated carbocycles. The lowest BCUT2D eigenvalue weighted by Crippen LogP contribution is -2.52. The summed E-state index contributed by atoms with van der Waals surface area (Å²) in [6.07, 6.45) is 9.01. The van der Waals surface area contributed by atoms with Gasteiger partial charge in [-0.1, -0.05) is 19.3 Å². The van der Waals surface area contributed by atoms with Gasteiger partial charge in [-0.25, -0.2) is 0 Å². The molecule has 3 heteroatoms. The van der Waals surface area contributed by atoms with Crippen LogP contribution in [0, 0.1) is 0 Å². The van der Waals surface area contributed by atoms with Crippen LogP contribution in [-0.2, 0) is 13.1 Å². The quantitative estimate of drug-likeness (QED) is 0.851. The summed E-state index contributed by atoms with van der Waals surface area (Å²) in [5.41, 5.74) is 1.77. The minimum absolute atomic E-state index is 0.377. The number of aryl methyl sites for hydroxylation is 1. The number of rotatable bonds is 6. The van der Waals surface area contributed by atoms with Crippen LogP contribution in [0.4, 0.5) is 0 Å². The topological polar surface area (TPSA) is 20.2 Å². The van der Waals surface area contributed by atoms with Gasteiger partial charge in [0.1, 0.15) is 0 Å². The van der Waals surface area contributed by atoms with E-state index < -0.39 is 0 Å². The lowest BCUT2D eigenvalue weighted by Gasteiger charge is -2.43. The third-order valence-electron chi connectivity index (χ3n) is 4.76. The van der Waals surface area contributed by atoms with Crippen molar-refractivity contribution in [2.75, 3.05) is 20.6 Å². The van der Waals surface area contributed by atoms with Crippen molar-refractivity contribution in [3.8, 4) is 0 Å². The Bertz CT molecular complexity index is 375. The maximum atomic E-state index is 3.69. The van der Waals surface area contributed by atoms with Gasteiger partial charge in [0.05, 0.1) is 0 Å². The first-order valence-corrected chi connectivity index (χ1v) is 7.70. The van der Waals surface area contributed by atoms with Crippen molar-refractivity contribution < 1.29 is 0 Å². The summed E-state index contributed by atoms with van der Waals surface area (Å²) in [6.45, 7) is 5.35. The highest BCUT2D eigenvalue weighted by Gasteiger charge is 2.33. The molecule has 0 radical (unpaired) electrons. The van der Waals surface area contributed by atoms with Gasteiger partial charge in [-0.2, -0.15) is 0 Å². The molecule has 1 aliphatic carbocycles. The van der Waals surface area contributed by atoms with Crippen molar-refractivity contribution in [2.45, 2.75) is 57.7 Å². The Morgan fingerprint density at radius 2 is 2.00 bits per heavy atom. The van der Waals surface area contributed by atoms with E-state index in [1.165, 1.54) is 37.8 Å². The van der Waals surface area contributed by atoms with E-state index in [9.17, 15) is 0 Å². The minimum atomic E-state index is 0.377. The smallest absolute Gasteiger partial charge is 0.0360 e. The molecule has 0 aliphatic heterocycles. The highest BCUT2D eigenvalue weighted by Crippen LogP contribution is 2.31. The Balaban J connectivity index is 1.89. The van der Waals surface area contributed by atoms with Crippen molar-refractivity contribution in [1.82, 2.24) is 14.8 Å². The van der Waals surface area contributed by atoms with Crippen LogP contribution in [-0.4, -0.2) is 35.6 Å². The second kappa shape index (κ2) is 6.58. The van der Waals surface area contributed by atoms with Gasteiger partial charge in [0.2, 0.25) is 0 Å². The fourth-order valence-electron chi connectivity index (χ4n) is 3.33. The number of hydrogen-bond acceptors (Lipinski definition) is 2. The van der Waals surface area contributed by atoms with E-state index in [1.807, 2.05) is 0 Å². The van der Waals surface area contributed by atoms with Crippen molar-refractivity contribution in [3.05, 3.63) is 24.0 Å². The molecule has 0 bridgehead atoms. The van der Waals surface area contributed by atoms with Crippen LogP contribution in [0.1, 0.15) is 44.7 Å². The van der Waals surface area contributed by atoms with Crippen LogP contribution in [0.25, 0.3) is 0 Å². The van der Waals surface area contributed by atoms with Crippen molar-refractivity contribution in [1.29, 1.82) is 0 Å². The van der Waals surface area contributed by atoms with E-state index in [1.54, 1.807) is 0 Å². The minimum Gasteiger partial charge on any atom is -0.351 e. The van der Waals surface area contributed by atoms with E-state index in [0.717, 1.165) is 19.6 Å². The summed E-state index contributed by atoms with van der Waals surface area (Å²) in [4.78, 5) is 2.44. The van der Waals surface area contributed by atoms with Gasteiger partial charge in [0, 0.05) is 37.1 Å². The summed E-state index contributed by atoms with van der Waals surface area (Å²) < 4.78 is 2.32.